The fourth-order valence-electron chi connectivity index (χ4n) is 2.78. The lowest BCUT2D eigenvalue weighted by Crippen LogP contribution is -2.38. The van der Waals surface area contributed by atoms with Gasteiger partial charge < -0.3 is 10.1 Å². The van der Waals surface area contributed by atoms with Crippen LogP contribution in [0, 0.1) is 12.7 Å². The minimum Gasteiger partial charge on any atom is -0.497 e. The van der Waals surface area contributed by atoms with Gasteiger partial charge in [-0.1, -0.05) is 23.8 Å². The van der Waals surface area contributed by atoms with E-state index in [1.54, 1.807) is 30.3 Å². The van der Waals surface area contributed by atoms with E-state index in [4.69, 9.17) is 4.74 Å². The number of aryl methyl sites for hydroxylation is 1. The number of rotatable bonds is 7. The first-order valence-corrected chi connectivity index (χ1v) is 10.5. The van der Waals surface area contributed by atoms with Gasteiger partial charge in [-0.15, -0.1) is 0 Å². The maximum Gasteiger partial charge on any atom is 0.264 e. The average molecular weight is 428 g/mol. The zero-order chi connectivity index (χ0) is 21.7. The highest BCUT2D eigenvalue weighted by Gasteiger charge is 2.27. The molecule has 0 saturated heterocycles. The molecule has 3 aromatic carbocycles. The molecule has 3 rings (SSSR count). The van der Waals surface area contributed by atoms with Gasteiger partial charge in [0, 0.05) is 11.8 Å². The summed E-state index contributed by atoms with van der Waals surface area (Å²) >= 11 is 0. The van der Waals surface area contributed by atoms with Crippen LogP contribution in [0.5, 0.6) is 5.75 Å². The number of benzene rings is 3. The lowest BCUT2D eigenvalue weighted by Gasteiger charge is -2.24. The van der Waals surface area contributed by atoms with E-state index in [1.165, 1.54) is 49.6 Å². The summed E-state index contributed by atoms with van der Waals surface area (Å²) in [6.07, 6.45) is 0. The number of ether oxygens (including phenoxy) is 1. The highest BCUT2D eigenvalue weighted by Crippen LogP contribution is 2.27. The summed E-state index contributed by atoms with van der Waals surface area (Å²) in [5.41, 5.74) is 1.56. The zero-order valence-electron chi connectivity index (χ0n) is 16.5. The minimum absolute atomic E-state index is 0.0607. The molecule has 30 heavy (non-hydrogen) atoms. The number of halogens is 1. The molecule has 8 heteroatoms. The number of nitrogens with one attached hydrogen (secondary N) is 1. The Morgan fingerprint density at radius 3 is 2.33 bits per heavy atom. The average Bonchev–Trinajstić information content (AvgIpc) is 2.74. The molecule has 156 valence electrons. The van der Waals surface area contributed by atoms with Crippen molar-refractivity contribution in [1.82, 2.24) is 0 Å². The smallest absolute Gasteiger partial charge is 0.264 e. The van der Waals surface area contributed by atoms with Gasteiger partial charge in [-0.3, -0.25) is 9.10 Å². The Kier molecular flexibility index (Phi) is 6.37. The minimum atomic E-state index is -4.03. The number of anilines is 2. The fourth-order valence-corrected chi connectivity index (χ4v) is 4.20. The maximum atomic E-state index is 13.3. The van der Waals surface area contributed by atoms with Crippen molar-refractivity contribution in [2.45, 2.75) is 11.8 Å². The van der Waals surface area contributed by atoms with Gasteiger partial charge in [0.05, 0.1) is 17.7 Å². The van der Waals surface area contributed by atoms with Gasteiger partial charge in [-0.25, -0.2) is 12.8 Å². The summed E-state index contributed by atoms with van der Waals surface area (Å²) in [5, 5.41) is 2.59. The predicted octanol–water partition coefficient (Wildman–Crippen LogP) is 3.98. The molecule has 0 bridgehead atoms. The van der Waals surface area contributed by atoms with E-state index in [-0.39, 0.29) is 10.6 Å². The van der Waals surface area contributed by atoms with Gasteiger partial charge >= 0.3 is 0 Å². The third kappa shape index (κ3) is 4.96. The first-order chi connectivity index (χ1) is 14.3. The Morgan fingerprint density at radius 1 is 1.03 bits per heavy atom. The second-order valence-electron chi connectivity index (χ2n) is 6.58. The SMILES string of the molecule is COc1cccc(N(CC(=O)Nc2ccc(F)cc2)S(=O)(=O)c2ccc(C)cc2)c1. The Hall–Kier alpha value is -3.39. The lowest BCUT2D eigenvalue weighted by molar-refractivity contribution is -0.114. The third-order valence-electron chi connectivity index (χ3n) is 4.37. The van der Waals surface area contributed by atoms with Crippen LogP contribution in [0.3, 0.4) is 0 Å². The van der Waals surface area contributed by atoms with Gasteiger partial charge in [-0.2, -0.15) is 0 Å². The van der Waals surface area contributed by atoms with Crippen LogP contribution in [0.15, 0.2) is 77.7 Å². The zero-order valence-corrected chi connectivity index (χ0v) is 17.3. The van der Waals surface area contributed by atoms with Crippen LogP contribution in [0.1, 0.15) is 5.56 Å². The lowest BCUT2D eigenvalue weighted by atomic mass is 10.2. The van der Waals surface area contributed by atoms with E-state index in [0.29, 0.717) is 11.4 Å². The van der Waals surface area contributed by atoms with Crippen molar-refractivity contribution < 1.29 is 22.3 Å². The molecule has 0 aliphatic rings. The van der Waals surface area contributed by atoms with Crippen LogP contribution >= 0.6 is 0 Å². The molecule has 1 amide bonds. The van der Waals surface area contributed by atoms with E-state index >= 15 is 0 Å². The molecule has 0 radical (unpaired) electrons. The number of carbonyl (C=O) groups excluding carboxylic acids is 1. The van der Waals surface area contributed by atoms with Gasteiger partial charge in [0.15, 0.2) is 0 Å². The molecule has 1 N–H and O–H groups in total. The molecule has 0 spiro atoms. The molecule has 0 saturated carbocycles. The number of methoxy groups -OCH3 is 1. The summed E-state index contributed by atoms with van der Waals surface area (Å²) in [4.78, 5) is 12.7. The van der Waals surface area contributed by atoms with Crippen molar-refractivity contribution >= 4 is 27.3 Å². The molecular weight excluding hydrogens is 407 g/mol. The normalized spacial score (nSPS) is 11.0. The summed E-state index contributed by atoms with van der Waals surface area (Å²) in [6, 6.07) is 18.0. The Morgan fingerprint density at radius 2 is 1.70 bits per heavy atom. The molecule has 0 unspecified atom stereocenters. The topological polar surface area (TPSA) is 75.7 Å². The van der Waals surface area contributed by atoms with E-state index in [0.717, 1.165) is 9.87 Å². The Bertz CT molecular complexity index is 1130. The second kappa shape index (κ2) is 8.96. The van der Waals surface area contributed by atoms with Crippen LogP contribution < -0.4 is 14.4 Å². The van der Waals surface area contributed by atoms with Crippen molar-refractivity contribution in [3.05, 3.63) is 84.2 Å². The number of carbonyl (C=O) groups is 1. The van der Waals surface area contributed by atoms with Crippen molar-refractivity contribution in [1.29, 1.82) is 0 Å². The third-order valence-corrected chi connectivity index (χ3v) is 6.15. The number of nitrogens with zero attached hydrogens (tertiary/aromatic N) is 1. The Labute approximate surface area is 175 Å². The summed E-state index contributed by atoms with van der Waals surface area (Å²) in [6.45, 7) is 1.38. The van der Waals surface area contributed by atoms with Gasteiger partial charge in [0.1, 0.15) is 18.1 Å². The van der Waals surface area contributed by atoms with Crippen molar-refractivity contribution in [2.75, 3.05) is 23.3 Å². The molecule has 0 aliphatic heterocycles. The number of hydrogen-bond donors (Lipinski definition) is 1. The van der Waals surface area contributed by atoms with Crippen molar-refractivity contribution in [2.24, 2.45) is 0 Å². The highest BCUT2D eigenvalue weighted by atomic mass is 32.2. The van der Waals surface area contributed by atoms with E-state index in [1.807, 2.05) is 6.92 Å². The molecule has 3 aromatic rings. The second-order valence-corrected chi connectivity index (χ2v) is 8.44. The van der Waals surface area contributed by atoms with Crippen molar-refractivity contribution in [3.63, 3.8) is 0 Å². The number of amides is 1. The van der Waals surface area contributed by atoms with Gasteiger partial charge in [0.25, 0.3) is 10.0 Å². The highest BCUT2D eigenvalue weighted by molar-refractivity contribution is 7.92. The van der Waals surface area contributed by atoms with Crippen LogP contribution in [0.2, 0.25) is 0 Å². The fraction of sp³-hybridized carbons (Fsp3) is 0.136. The molecule has 0 aliphatic carbocycles. The van der Waals surface area contributed by atoms with Crippen LogP contribution in [-0.2, 0) is 14.8 Å². The van der Waals surface area contributed by atoms with Gasteiger partial charge in [-0.05, 0) is 55.5 Å². The molecule has 0 atom stereocenters. The molecular formula is C22H21FN2O4S. The molecule has 0 fully saturated rings. The van der Waals surface area contributed by atoms with Crippen molar-refractivity contribution in [3.8, 4) is 5.75 Å². The molecule has 6 nitrogen and oxygen atoms in total. The summed E-state index contributed by atoms with van der Waals surface area (Å²) < 4.78 is 46.0. The van der Waals surface area contributed by atoms with Crippen LogP contribution in [0.25, 0.3) is 0 Å². The molecule has 0 heterocycles. The van der Waals surface area contributed by atoms with E-state index in [9.17, 15) is 17.6 Å². The number of hydrogen-bond acceptors (Lipinski definition) is 4. The predicted molar refractivity (Wildman–Crippen MR) is 114 cm³/mol. The van der Waals surface area contributed by atoms with Crippen LogP contribution in [-0.4, -0.2) is 28.0 Å². The maximum absolute atomic E-state index is 13.3. The summed E-state index contributed by atoms with van der Waals surface area (Å²) in [7, 11) is -2.56. The standard InChI is InChI=1S/C22H21FN2O4S/c1-16-6-12-21(13-7-16)30(27,28)25(19-4-3-5-20(14-19)29-2)15-22(26)24-18-10-8-17(23)9-11-18/h3-14H,15H2,1-2H3,(H,24,26). The number of sulfonamides is 1. The Balaban J connectivity index is 1.95. The van der Waals surface area contributed by atoms with Gasteiger partial charge in [0.2, 0.25) is 5.91 Å². The quantitative estimate of drug-likeness (QED) is 0.618. The largest absolute Gasteiger partial charge is 0.497 e. The van der Waals surface area contributed by atoms with E-state index < -0.39 is 28.3 Å². The summed E-state index contributed by atoms with van der Waals surface area (Å²) in [5.74, 6) is -0.552. The first kappa shape index (κ1) is 21.3. The van der Waals surface area contributed by atoms with E-state index in [2.05, 4.69) is 5.32 Å². The monoisotopic (exact) mass is 428 g/mol. The first-order valence-electron chi connectivity index (χ1n) is 9.08. The molecule has 0 aromatic heterocycles. The van der Waals surface area contributed by atoms with Crippen LogP contribution in [0.4, 0.5) is 15.8 Å².